The van der Waals surface area contributed by atoms with Crippen LogP contribution in [-0.4, -0.2) is 29.2 Å². The zero-order valence-electron chi connectivity index (χ0n) is 10.6. The molecule has 1 rings (SSSR count). The Bertz CT molecular complexity index is 342. The van der Waals surface area contributed by atoms with Gasteiger partial charge in [-0.25, -0.2) is 0 Å². The van der Waals surface area contributed by atoms with Gasteiger partial charge in [-0.15, -0.1) is 0 Å². The number of alkyl halides is 1. The number of carbonyl (C=O) groups is 1. The molecule has 0 unspecified atom stereocenters. The second-order valence-corrected chi connectivity index (χ2v) is 5.03. The van der Waals surface area contributed by atoms with Gasteiger partial charge in [-0.05, 0) is 18.9 Å². The molecule has 1 aromatic carbocycles. The molecule has 0 fully saturated rings. The molecule has 3 heteroatoms. The molecular weight excluding hydrogens is 278 g/mol. The number of aryl methyl sites for hydroxylation is 1. The molecule has 0 aliphatic heterocycles. The number of rotatable bonds is 6. The summed E-state index contributed by atoms with van der Waals surface area (Å²) in [5.74, 6) is 0.218. The van der Waals surface area contributed by atoms with E-state index in [2.05, 4.69) is 41.9 Å². The van der Waals surface area contributed by atoms with Crippen LogP contribution in [0.5, 0.6) is 0 Å². The first kappa shape index (κ1) is 14.2. The third kappa shape index (κ3) is 4.90. The number of benzene rings is 1. The van der Waals surface area contributed by atoms with Crippen molar-refractivity contribution >= 4 is 21.8 Å². The van der Waals surface area contributed by atoms with Crippen LogP contribution in [0.3, 0.4) is 0 Å². The molecule has 0 aliphatic carbocycles. The van der Waals surface area contributed by atoms with Gasteiger partial charge >= 0.3 is 0 Å². The fourth-order valence-corrected chi connectivity index (χ4v) is 2.15. The Morgan fingerprint density at radius 1 is 1.24 bits per heavy atom. The standard InChI is InChI=1S/C14H20BrNO/c1-3-9-16(10-8-15)14(17)11-13-6-4-12(2)5-7-13/h4-7H,3,8-11H2,1-2H3. The highest BCUT2D eigenvalue weighted by Gasteiger charge is 2.12. The maximum Gasteiger partial charge on any atom is 0.227 e. The molecule has 0 saturated heterocycles. The van der Waals surface area contributed by atoms with E-state index in [-0.39, 0.29) is 5.91 Å². The van der Waals surface area contributed by atoms with Crippen LogP contribution in [0, 0.1) is 6.92 Å². The summed E-state index contributed by atoms with van der Waals surface area (Å²) >= 11 is 3.39. The van der Waals surface area contributed by atoms with E-state index in [0.29, 0.717) is 6.42 Å². The lowest BCUT2D eigenvalue weighted by molar-refractivity contribution is -0.130. The monoisotopic (exact) mass is 297 g/mol. The van der Waals surface area contributed by atoms with Crippen molar-refractivity contribution in [3.05, 3.63) is 35.4 Å². The van der Waals surface area contributed by atoms with Crippen molar-refractivity contribution < 1.29 is 4.79 Å². The first-order chi connectivity index (χ1) is 8.17. The molecule has 0 spiro atoms. The van der Waals surface area contributed by atoms with Crippen molar-refractivity contribution in [2.75, 3.05) is 18.4 Å². The summed E-state index contributed by atoms with van der Waals surface area (Å²) in [7, 11) is 0. The number of halogens is 1. The van der Waals surface area contributed by atoms with Crippen LogP contribution < -0.4 is 0 Å². The summed E-state index contributed by atoms with van der Waals surface area (Å²) in [5.41, 5.74) is 2.32. The van der Waals surface area contributed by atoms with Crippen molar-refractivity contribution in [1.82, 2.24) is 4.90 Å². The van der Waals surface area contributed by atoms with Gasteiger partial charge in [-0.3, -0.25) is 4.79 Å². The van der Waals surface area contributed by atoms with Crippen molar-refractivity contribution in [3.8, 4) is 0 Å². The fraction of sp³-hybridized carbons (Fsp3) is 0.500. The molecule has 0 atom stereocenters. The summed E-state index contributed by atoms with van der Waals surface area (Å²) in [4.78, 5) is 14.0. The molecule has 1 amide bonds. The Labute approximate surface area is 112 Å². The average Bonchev–Trinajstić information content (AvgIpc) is 2.32. The van der Waals surface area contributed by atoms with Gasteiger partial charge in [0.15, 0.2) is 0 Å². The quantitative estimate of drug-likeness (QED) is 0.739. The van der Waals surface area contributed by atoms with Crippen LogP contribution in [0.2, 0.25) is 0 Å². The Balaban J connectivity index is 2.59. The van der Waals surface area contributed by atoms with E-state index < -0.39 is 0 Å². The highest BCUT2D eigenvalue weighted by atomic mass is 79.9. The normalized spacial score (nSPS) is 10.3. The van der Waals surface area contributed by atoms with Gasteiger partial charge in [0, 0.05) is 18.4 Å². The SMILES string of the molecule is CCCN(CCBr)C(=O)Cc1ccc(C)cc1. The Morgan fingerprint density at radius 3 is 2.41 bits per heavy atom. The molecule has 94 valence electrons. The van der Waals surface area contributed by atoms with Gasteiger partial charge in [-0.1, -0.05) is 52.7 Å². The van der Waals surface area contributed by atoms with Crippen LogP contribution in [0.15, 0.2) is 24.3 Å². The van der Waals surface area contributed by atoms with Crippen molar-refractivity contribution in [1.29, 1.82) is 0 Å². The summed E-state index contributed by atoms with van der Waals surface area (Å²) in [6, 6.07) is 8.17. The number of carbonyl (C=O) groups excluding carboxylic acids is 1. The maximum absolute atomic E-state index is 12.1. The van der Waals surface area contributed by atoms with Gasteiger partial charge in [-0.2, -0.15) is 0 Å². The van der Waals surface area contributed by atoms with Crippen molar-refractivity contribution in [3.63, 3.8) is 0 Å². The predicted molar refractivity (Wildman–Crippen MR) is 75.5 cm³/mol. The minimum absolute atomic E-state index is 0.218. The van der Waals surface area contributed by atoms with Gasteiger partial charge in [0.1, 0.15) is 0 Å². The molecule has 0 saturated carbocycles. The molecule has 0 radical (unpaired) electrons. The van der Waals surface area contributed by atoms with E-state index in [0.717, 1.165) is 30.4 Å². The summed E-state index contributed by atoms with van der Waals surface area (Å²) in [6.07, 6.45) is 1.51. The highest BCUT2D eigenvalue weighted by molar-refractivity contribution is 9.09. The third-order valence-electron chi connectivity index (χ3n) is 2.68. The first-order valence-electron chi connectivity index (χ1n) is 6.06. The zero-order chi connectivity index (χ0) is 12.7. The van der Waals surface area contributed by atoms with E-state index in [4.69, 9.17) is 0 Å². The topological polar surface area (TPSA) is 20.3 Å². The third-order valence-corrected chi connectivity index (χ3v) is 3.03. The first-order valence-corrected chi connectivity index (χ1v) is 7.18. The van der Waals surface area contributed by atoms with Crippen LogP contribution >= 0.6 is 15.9 Å². The molecular formula is C14H20BrNO. The number of nitrogens with zero attached hydrogens (tertiary/aromatic N) is 1. The minimum Gasteiger partial charge on any atom is -0.342 e. The molecule has 0 bridgehead atoms. The van der Waals surface area contributed by atoms with Crippen LogP contribution in [-0.2, 0) is 11.2 Å². The fourth-order valence-electron chi connectivity index (χ4n) is 1.73. The van der Waals surface area contributed by atoms with E-state index >= 15 is 0 Å². The van der Waals surface area contributed by atoms with E-state index in [1.165, 1.54) is 5.56 Å². The van der Waals surface area contributed by atoms with E-state index in [1.807, 2.05) is 17.0 Å². The lowest BCUT2D eigenvalue weighted by Crippen LogP contribution is -2.34. The molecule has 1 aromatic rings. The lowest BCUT2D eigenvalue weighted by atomic mass is 10.1. The van der Waals surface area contributed by atoms with Crippen LogP contribution in [0.25, 0.3) is 0 Å². The zero-order valence-corrected chi connectivity index (χ0v) is 12.2. The van der Waals surface area contributed by atoms with Gasteiger partial charge < -0.3 is 4.90 Å². The van der Waals surface area contributed by atoms with Gasteiger partial charge in [0.2, 0.25) is 5.91 Å². The average molecular weight is 298 g/mol. The lowest BCUT2D eigenvalue weighted by Gasteiger charge is -2.21. The molecule has 17 heavy (non-hydrogen) atoms. The number of hydrogen-bond acceptors (Lipinski definition) is 1. The van der Waals surface area contributed by atoms with Crippen LogP contribution in [0.1, 0.15) is 24.5 Å². The maximum atomic E-state index is 12.1. The summed E-state index contributed by atoms with van der Waals surface area (Å²) in [5, 5.41) is 0.840. The number of amides is 1. The van der Waals surface area contributed by atoms with Crippen molar-refractivity contribution in [2.45, 2.75) is 26.7 Å². The van der Waals surface area contributed by atoms with E-state index in [1.54, 1.807) is 0 Å². The largest absolute Gasteiger partial charge is 0.342 e. The summed E-state index contributed by atoms with van der Waals surface area (Å²) in [6.45, 7) is 5.79. The van der Waals surface area contributed by atoms with Gasteiger partial charge in [0.25, 0.3) is 0 Å². The smallest absolute Gasteiger partial charge is 0.227 e. The Kier molecular flexibility index (Phi) is 6.27. The Morgan fingerprint density at radius 2 is 1.88 bits per heavy atom. The molecule has 2 nitrogen and oxygen atoms in total. The second-order valence-electron chi connectivity index (χ2n) is 4.23. The molecule has 0 aliphatic rings. The molecule has 0 N–H and O–H groups in total. The Hall–Kier alpha value is -0.830. The number of hydrogen-bond donors (Lipinski definition) is 0. The van der Waals surface area contributed by atoms with Gasteiger partial charge in [0.05, 0.1) is 6.42 Å². The minimum atomic E-state index is 0.218. The summed E-state index contributed by atoms with van der Waals surface area (Å²) < 4.78 is 0. The second kappa shape index (κ2) is 7.49. The molecule has 0 heterocycles. The highest BCUT2D eigenvalue weighted by Crippen LogP contribution is 2.06. The van der Waals surface area contributed by atoms with Crippen molar-refractivity contribution in [2.24, 2.45) is 0 Å². The van der Waals surface area contributed by atoms with Crippen LogP contribution in [0.4, 0.5) is 0 Å². The molecule has 0 aromatic heterocycles. The predicted octanol–water partition coefficient (Wildman–Crippen LogP) is 3.17. The van der Waals surface area contributed by atoms with E-state index in [9.17, 15) is 4.79 Å².